The third kappa shape index (κ3) is 3.77. The number of rotatable bonds is 6. The van der Waals surface area contributed by atoms with Gasteiger partial charge in [0.2, 0.25) is 0 Å². The molecule has 4 rings (SSSR count). The van der Waals surface area contributed by atoms with E-state index in [-0.39, 0.29) is 11.9 Å². The second kappa shape index (κ2) is 8.61. The van der Waals surface area contributed by atoms with E-state index in [2.05, 4.69) is 9.88 Å². The van der Waals surface area contributed by atoms with Crippen molar-refractivity contribution in [1.82, 2.24) is 14.6 Å². The predicted molar refractivity (Wildman–Crippen MR) is 113 cm³/mol. The molecule has 1 saturated heterocycles. The zero-order chi connectivity index (χ0) is 21.1. The Balaban J connectivity index is 1.67. The van der Waals surface area contributed by atoms with Crippen molar-refractivity contribution in [3.05, 3.63) is 36.7 Å². The van der Waals surface area contributed by atoms with Gasteiger partial charge in [-0.3, -0.25) is 4.79 Å². The summed E-state index contributed by atoms with van der Waals surface area (Å²) in [5, 5.41) is 4.71. The monoisotopic (exact) mass is 410 g/mol. The number of carbonyl (C=O) groups excluding carboxylic acids is 1. The molecular formula is C22H26N4O4. The van der Waals surface area contributed by atoms with Crippen LogP contribution in [0.4, 0.5) is 5.82 Å². The molecule has 30 heavy (non-hydrogen) atoms. The first-order chi connectivity index (χ1) is 14.6. The fourth-order valence-electron chi connectivity index (χ4n) is 3.91. The minimum absolute atomic E-state index is 0.131. The van der Waals surface area contributed by atoms with Crippen LogP contribution in [-0.4, -0.2) is 54.5 Å². The molecule has 2 aromatic heterocycles. The predicted octanol–water partition coefficient (Wildman–Crippen LogP) is 3.19. The molecule has 3 aromatic rings. The minimum Gasteiger partial charge on any atom is -0.493 e. The highest BCUT2D eigenvalue weighted by Crippen LogP contribution is 2.33. The summed E-state index contributed by atoms with van der Waals surface area (Å²) in [6, 6.07) is 7.74. The van der Waals surface area contributed by atoms with Crippen LogP contribution in [0.15, 0.2) is 36.7 Å². The normalized spacial score (nSPS) is 16.5. The summed E-state index contributed by atoms with van der Waals surface area (Å²) in [7, 11) is 3.23. The molecule has 8 heteroatoms. The number of hydrogen-bond acceptors (Lipinski definition) is 7. The highest BCUT2D eigenvalue weighted by molar-refractivity contribution is 5.78. The number of aromatic nitrogens is 3. The Morgan fingerprint density at radius 1 is 1.20 bits per heavy atom. The number of hydrogen-bond donors (Lipinski definition) is 0. The lowest BCUT2D eigenvalue weighted by Gasteiger charge is -2.32. The van der Waals surface area contributed by atoms with Gasteiger partial charge in [0.15, 0.2) is 17.3 Å². The highest BCUT2D eigenvalue weighted by Gasteiger charge is 2.28. The van der Waals surface area contributed by atoms with E-state index >= 15 is 0 Å². The fourth-order valence-corrected chi connectivity index (χ4v) is 3.91. The van der Waals surface area contributed by atoms with E-state index in [0.717, 1.165) is 42.0 Å². The zero-order valence-electron chi connectivity index (χ0n) is 17.5. The molecule has 3 heterocycles. The van der Waals surface area contributed by atoms with Crippen LogP contribution >= 0.6 is 0 Å². The van der Waals surface area contributed by atoms with Crippen molar-refractivity contribution < 1.29 is 19.0 Å². The Bertz CT molecular complexity index is 1050. The first-order valence-electron chi connectivity index (χ1n) is 10.1. The number of fused-ring (bicyclic) bond motifs is 1. The highest BCUT2D eigenvalue weighted by atomic mass is 16.5. The van der Waals surface area contributed by atoms with Crippen LogP contribution in [0.2, 0.25) is 0 Å². The SMILES string of the molecule is CCOC(=O)[C@@H]1CCCN(c2nccn3nc(-c4ccc(OC)c(OC)c4)cc23)C1. The van der Waals surface area contributed by atoms with Gasteiger partial charge in [-0.25, -0.2) is 9.50 Å². The van der Waals surface area contributed by atoms with Crippen LogP contribution in [-0.2, 0) is 9.53 Å². The summed E-state index contributed by atoms with van der Waals surface area (Å²) in [5.74, 6) is 1.89. The molecule has 8 nitrogen and oxygen atoms in total. The van der Waals surface area contributed by atoms with Gasteiger partial charge in [-0.05, 0) is 44.0 Å². The molecule has 1 aliphatic heterocycles. The van der Waals surface area contributed by atoms with E-state index in [9.17, 15) is 4.79 Å². The number of carbonyl (C=O) groups is 1. The molecule has 1 aliphatic rings. The van der Waals surface area contributed by atoms with Gasteiger partial charge < -0.3 is 19.1 Å². The van der Waals surface area contributed by atoms with Gasteiger partial charge in [-0.1, -0.05) is 0 Å². The van der Waals surface area contributed by atoms with Gasteiger partial charge in [0.25, 0.3) is 0 Å². The topological polar surface area (TPSA) is 78.2 Å². The summed E-state index contributed by atoms with van der Waals surface area (Å²) >= 11 is 0. The Morgan fingerprint density at radius 3 is 2.80 bits per heavy atom. The summed E-state index contributed by atoms with van der Waals surface area (Å²) < 4.78 is 17.8. The molecule has 0 saturated carbocycles. The van der Waals surface area contributed by atoms with Gasteiger partial charge in [-0.15, -0.1) is 0 Å². The smallest absolute Gasteiger partial charge is 0.310 e. The molecule has 1 atom stereocenters. The average molecular weight is 410 g/mol. The van der Waals surface area contributed by atoms with Crippen molar-refractivity contribution in [3.63, 3.8) is 0 Å². The second-order valence-electron chi connectivity index (χ2n) is 7.22. The molecule has 0 bridgehead atoms. The van der Waals surface area contributed by atoms with E-state index in [0.29, 0.717) is 24.7 Å². The van der Waals surface area contributed by atoms with Crippen LogP contribution in [0.5, 0.6) is 11.5 Å². The number of nitrogens with zero attached hydrogens (tertiary/aromatic N) is 4. The quantitative estimate of drug-likeness (QED) is 0.578. The first-order valence-corrected chi connectivity index (χ1v) is 10.1. The number of esters is 1. The number of piperidine rings is 1. The van der Waals surface area contributed by atoms with Gasteiger partial charge in [0.1, 0.15) is 5.52 Å². The third-order valence-corrected chi connectivity index (χ3v) is 5.39. The third-order valence-electron chi connectivity index (χ3n) is 5.39. The summed E-state index contributed by atoms with van der Waals surface area (Å²) in [6.45, 7) is 3.69. The van der Waals surface area contributed by atoms with Gasteiger partial charge >= 0.3 is 5.97 Å². The molecule has 0 spiro atoms. The van der Waals surface area contributed by atoms with E-state index in [1.54, 1.807) is 20.4 Å². The molecule has 0 N–H and O–H groups in total. The van der Waals surface area contributed by atoms with Crippen molar-refractivity contribution >= 4 is 17.3 Å². The minimum atomic E-state index is -0.131. The lowest BCUT2D eigenvalue weighted by Crippen LogP contribution is -2.40. The molecular weight excluding hydrogens is 384 g/mol. The maximum Gasteiger partial charge on any atom is 0.310 e. The largest absolute Gasteiger partial charge is 0.493 e. The number of ether oxygens (including phenoxy) is 3. The lowest BCUT2D eigenvalue weighted by molar-refractivity contribution is -0.148. The van der Waals surface area contributed by atoms with Crippen LogP contribution in [0, 0.1) is 5.92 Å². The average Bonchev–Trinajstić information content (AvgIpc) is 3.23. The molecule has 158 valence electrons. The van der Waals surface area contributed by atoms with Crippen LogP contribution in [0.25, 0.3) is 16.8 Å². The van der Waals surface area contributed by atoms with Crippen molar-refractivity contribution in [3.8, 4) is 22.8 Å². The van der Waals surface area contributed by atoms with Gasteiger partial charge in [-0.2, -0.15) is 5.10 Å². The van der Waals surface area contributed by atoms with Crippen LogP contribution < -0.4 is 14.4 Å². The second-order valence-corrected chi connectivity index (χ2v) is 7.22. The summed E-state index contributed by atoms with van der Waals surface area (Å²) in [6.07, 6.45) is 5.33. The van der Waals surface area contributed by atoms with Crippen molar-refractivity contribution in [2.45, 2.75) is 19.8 Å². The van der Waals surface area contributed by atoms with Gasteiger partial charge in [0, 0.05) is 31.0 Å². The van der Waals surface area contributed by atoms with E-state index in [1.807, 2.05) is 41.9 Å². The van der Waals surface area contributed by atoms with Gasteiger partial charge in [0.05, 0.1) is 32.4 Å². The van der Waals surface area contributed by atoms with E-state index in [1.165, 1.54) is 0 Å². The maximum atomic E-state index is 12.2. The number of methoxy groups -OCH3 is 2. The van der Waals surface area contributed by atoms with E-state index in [4.69, 9.17) is 19.3 Å². The molecule has 1 fully saturated rings. The standard InChI is InChI=1S/C22H26N4O4/c1-4-30-22(27)16-6-5-10-25(14-16)21-18-13-17(24-26(18)11-9-23-21)15-7-8-19(28-2)20(12-15)29-3/h7-9,11-13,16H,4-6,10,14H2,1-3H3/t16-/m1/s1. The summed E-state index contributed by atoms with van der Waals surface area (Å²) in [5.41, 5.74) is 2.63. The molecule has 0 radical (unpaired) electrons. The molecule has 0 aliphatic carbocycles. The number of anilines is 1. The Hall–Kier alpha value is -3.29. The Morgan fingerprint density at radius 2 is 2.03 bits per heavy atom. The van der Waals surface area contributed by atoms with Crippen molar-refractivity contribution in [1.29, 1.82) is 0 Å². The van der Waals surface area contributed by atoms with Crippen LogP contribution in [0.3, 0.4) is 0 Å². The fraction of sp³-hybridized carbons (Fsp3) is 0.409. The first kappa shape index (κ1) is 20.0. The summed E-state index contributed by atoms with van der Waals surface area (Å²) in [4.78, 5) is 19.0. The van der Waals surface area contributed by atoms with E-state index < -0.39 is 0 Å². The van der Waals surface area contributed by atoms with Crippen LogP contribution in [0.1, 0.15) is 19.8 Å². The van der Waals surface area contributed by atoms with Crippen molar-refractivity contribution in [2.24, 2.45) is 5.92 Å². The molecule has 0 amide bonds. The maximum absolute atomic E-state index is 12.2. The Labute approximate surface area is 175 Å². The number of benzene rings is 1. The zero-order valence-corrected chi connectivity index (χ0v) is 17.5. The molecule has 1 aromatic carbocycles. The Kier molecular flexibility index (Phi) is 5.74. The van der Waals surface area contributed by atoms with Crippen molar-refractivity contribution in [2.75, 3.05) is 38.8 Å². The lowest BCUT2D eigenvalue weighted by atomic mass is 9.98. The molecule has 0 unspecified atom stereocenters.